The van der Waals surface area contributed by atoms with Crippen LogP contribution in [-0.2, 0) is 14.8 Å². The Morgan fingerprint density at radius 1 is 1.38 bits per heavy atom. The zero-order valence-corrected chi connectivity index (χ0v) is 12.8. The first-order valence-electron chi connectivity index (χ1n) is 6.30. The Bertz CT molecular complexity index is 637. The van der Waals surface area contributed by atoms with Crippen molar-refractivity contribution in [2.75, 3.05) is 19.6 Å². The molecule has 0 aliphatic rings. The van der Waals surface area contributed by atoms with Gasteiger partial charge in [-0.1, -0.05) is 6.92 Å². The summed E-state index contributed by atoms with van der Waals surface area (Å²) in [6.45, 7) is 4.71. The molecule has 0 aromatic carbocycles. The molecule has 118 valence electrons. The van der Waals surface area contributed by atoms with Gasteiger partial charge in [0.2, 0.25) is 15.9 Å². The number of aryl methyl sites for hydroxylation is 1. The zero-order chi connectivity index (χ0) is 16.2. The van der Waals surface area contributed by atoms with Crippen molar-refractivity contribution in [1.82, 2.24) is 19.8 Å². The van der Waals surface area contributed by atoms with Gasteiger partial charge in [0.1, 0.15) is 4.90 Å². The molecule has 10 heteroatoms. The lowest BCUT2D eigenvalue weighted by Gasteiger charge is -2.19. The van der Waals surface area contributed by atoms with E-state index in [0.717, 1.165) is 4.31 Å². The van der Waals surface area contributed by atoms with Crippen molar-refractivity contribution in [2.24, 2.45) is 0 Å². The van der Waals surface area contributed by atoms with Crippen LogP contribution in [0.2, 0.25) is 0 Å². The lowest BCUT2D eigenvalue weighted by atomic mass is 10.4. The van der Waals surface area contributed by atoms with Gasteiger partial charge in [0, 0.05) is 13.1 Å². The van der Waals surface area contributed by atoms with Crippen LogP contribution in [0.3, 0.4) is 0 Å². The summed E-state index contributed by atoms with van der Waals surface area (Å²) in [6.07, 6.45) is 0. The van der Waals surface area contributed by atoms with E-state index in [0.29, 0.717) is 6.54 Å². The Morgan fingerprint density at radius 3 is 2.48 bits per heavy atom. The van der Waals surface area contributed by atoms with Gasteiger partial charge in [0.15, 0.2) is 5.69 Å². The van der Waals surface area contributed by atoms with Gasteiger partial charge in [0.05, 0.1) is 12.2 Å². The van der Waals surface area contributed by atoms with Gasteiger partial charge in [-0.05, 0) is 13.8 Å². The third-order valence-electron chi connectivity index (χ3n) is 2.74. The third-order valence-corrected chi connectivity index (χ3v) is 4.82. The molecule has 1 aromatic rings. The molecular formula is C11H18N4O5S. The molecule has 9 nitrogen and oxygen atoms in total. The molecule has 0 aliphatic carbocycles. The summed E-state index contributed by atoms with van der Waals surface area (Å²) in [7, 11) is -4.13. The van der Waals surface area contributed by atoms with Gasteiger partial charge >= 0.3 is 5.97 Å². The van der Waals surface area contributed by atoms with E-state index in [-0.39, 0.29) is 18.8 Å². The summed E-state index contributed by atoms with van der Waals surface area (Å²) in [5.74, 6) is -1.91. The molecule has 0 saturated heterocycles. The van der Waals surface area contributed by atoms with Crippen LogP contribution in [-0.4, -0.2) is 59.5 Å². The van der Waals surface area contributed by atoms with E-state index >= 15 is 0 Å². The number of nitrogens with one attached hydrogen (secondary N) is 2. The van der Waals surface area contributed by atoms with Crippen molar-refractivity contribution in [3.8, 4) is 0 Å². The van der Waals surface area contributed by atoms with Crippen LogP contribution >= 0.6 is 0 Å². The molecule has 1 heterocycles. The summed E-state index contributed by atoms with van der Waals surface area (Å²) in [5, 5.41) is 17.3. The third kappa shape index (κ3) is 3.58. The molecule has 0 aliphatic heterocycles. The average molecular weight is 318 g/mol. The van der Waals surface area contributed by atoms with Crippen LogP contribution in [0.25, 0.3) is 0 Å². The smallest absolute Gasteiger partial charge is 0.357 e. The van der Waals surface area contributed by atoms with E-state index in [1.807, 2.05) is 0 Å². The van der Waals surface area contributed by atoms with Crippen LogP contribution in [0.5, 0.6) is 0 Å². The number of sulfonamides is 1. The highest BCUT2D eigenvalue weighted by atomic mass is 32.2. The highest BCUT2D eigenvalue weighted by Gasteiger charge is 2.33. The maximum absolute atomic E-state index is 12.5. The fourth-order valence-corrected chi connectivity index (χ4v) is 3.48. The molecule has 0 radical (unpaired) electrons. The normalized spacial score (nSPS) is 11.6. The molecular weight excluding hydrogens is 300 g/mol. The number of aromatic carboxylic acids is 1. The Morgan fingerprint density at radius 2 is 2.00 bits per heavy atom. The van der Waals surface area contributed by atoms with Crippen LogP contribution in [0, 0.1) is 6.92 Å². The molecule has 3 N–H and O–H groups in total. The lowest BCUT2D eigenvalue weighted by Crippen LogP contribution is -2.41. The van der Waals surface area contributed by atoms with Crippen LogP contribution in [0.4, 0.5) is 0 Å². The second-order valence-electron chi connectivity index (χ2n) is 4.22. The first kappa shape index (κ1) is 17.1. The van der Waals surface area contributed by atoms with Crippen molar-refractivity contribution in [3.05, 3.63) is 11.4 Å². The predicted molar refractivity (Wildman–Crippen MR) is 73.4 cm³/mol. The molecule has 0 bridgehead atoms. The quantitative estimate of drug-likeness (QED) is 0.624. The average Bonchev–Trinajstić information content (AvgIpc) is 2.78. The fraction of sp³-hybridized carbons (Fsp3) is 0.545. The number of hydrogen-bond acceptors (Lipinski definition) is 5. The van der Waals surface area contributed by atoms with E-state index in [1.165, 1.54) is 6.92 Å². The Hall–Kier alpha value is -1.94. The number of aromatic amines is 1. The molecule has 21 heavy (non-hydrogen) atoms. The Labute approximate surface area is 122 Å². The van der Waals surface area contributed by atoms with Crippen molar-refractivity contribution >= 4 is 21.9 Å². The maximum atomic E-state index is 12.5. The van der Waals surface area contributed by atoms with Crippen molar-refractivity contribution in [2.45, 2.75) is 25.7 Å². The predicted octanol–water partition coefficient (Wildman–Crippen LogP) is -0.437. The first-order chi connectivity index (χ1) is 9.75. The molecule has 0 unspecified atom stereocenters. The monoisotopic (exact) mass is 318 g/mol. The Kier molecular flexibility index (Phi) is 5.44. The SMILES string of the molecule is CCNC(=O)CN(CC)S(=O)(=O)c1c(C(=O)O)n[nH]c1C. The second kappa shape index (κ2) is 6.68. The van der Waals surface area contributed by atoms with Gasteiger partial charge in [-0.3, -0.25) is 9.89 Å². The summed E-state index contributed by atoms with van der Waals surface area (Å²) in [6, 6.07) is 0. The van der Waals surface area contributed by atoms with Gasteiger partial charge in [-0.15, -0.1) is 0 Å². The zero-order valence-electron chi connectivity index (χ0n) is 12.0. The minimum Gasteiger partial charge on any atom is -0.476 e. The number of hydrogen-bond donors (Lipinski definition) is 3. The molecule has 1 amide bonds. The summed E-state index contributed by atoms with van der Waals surface area (Å²) in [4.78, 5) is 22.2. The van der Waals surface area contributed by atoms with Crippen molar-refractivity contribution < 1.29 is 23.1 Å². The van der Waals surface area contributed by atoms with E-state index in [9.17, 15) is 18.0 Å². The number of nitrogens with zero attached hydrogens (tertiary/aromatic N) is 2. The number of carboxylic acid groups (broad SMARTS) is 1. The van der Waals surface area contributed by atoms with E-state index in [1.54, 1.807) is 13.8 Å². The van der Waals surface area contributed by atoms with Gasteiger partial charge in [-0.25, -0.2) is 13.2 Å². The fourth-order valence-electron chi connectivity index (χ4n) is 1.79. The number of carboxylic acids is 1. The molecule has 0 fully saturated rings. The van der Waals surface area contributed by atoms with Gasteiger partial charge < -0.3 is 10.4 Å². The number of H-pyrrole nitrogens is 1. The molecule has 1 aromatic heterocycles. The summed E-state index contributed by atoms with van der Waals surface area (Å²) in [5.41, 5.74) is -0.469. The molecule has 0 spiro atoms. The largest absolute Gasteiger partial charge is 0.476 e. The molecule has 0 atom stereocenters. The van der Waals surface area contributed by atoms with E-state index in [2.05, 4.69) is 15.5 Å². The molecule has 0 saturated carbocycles. The van der Waals surface area contributed by atoms with Crippen LogP contribution in [0.15, 0.2) is 4.90 Å². The lowest BCUT2D eigenvalue weighted by molar-refractivity contribution is -0.121. The summed E-state index contributed by atoms with van der Waals surface area (Å²) >= 11 is 0. The number of aromatic nitrogens is 2. The number of likely N-dealkylation sites (N-methyl/N-ethyl adjacent to an activating group) is 2. The van der Waals surface area contributed by atoms with Crippen molar-refractivity contribution in [1.29, 1.82) is 0 Å². The summed E-state index contributed by atoms with van der Waals surface area (Å²) < 4.78 is 26.0. The number of carbonyl (C=O) groups is 2. The highest BCUT2D eigenvalue weighted by molar-refractivity contribution is 7.89. The number of rotatable bonds is 7. The van der Waals surface area contributed by atoms with Crippen LogP contribution < -0.4 is 5.32 Å². The first-order valence-corrected chi connectivity index (χ1v) is 7.74. The number of carbonyl (C=O) groups excluding carboxylic acids is 1. The highest BCUT2D eigenvalue weighted by Crippen LogP contribution is 2.22. The van der Waals surface area contributed by atoms with Gasteiger partial charge in [0.25, 0.3) is 0 Å². The molecule has 1 rings (SSSR count). The topological polar surface area (TPSA) is 132 Å². The standard InChI is InChI=1S/C11H18N4O5S/c1-4-12-8(16)6-15(5-2)21(19,20)10-7(3)13-14-9(10)11(17)18/h4-6H2,1-3H3,(H,12,16)(H,13,14)(H,17,18). The second-order valence-corrected chi connectivity index (χ2v) is 6.09. The minimum absolute atomic E-state index is 0.0309. The maximum Gasteiger partial charge on any atom is 0.357 e. The minimum atomic E-state index is -4.13. The van der Waals surface area contributed by atoms with Gasteiger partial charge in [-0.2, -0.15) is 9.40 Å². The Balaban J connectivity index is 3.22. The van der Waals surface area contributed by atoms with Crippen molar-refractivity contribution in [3.63, 3.8) is 0 Å². The number of amides is 1. The van der Waals surface area contributed by atoms with E-state index in [4.69, 9.17) is 5.11 Å². The van der Waals surface area contributed by atoms with E-state index < -0.39 is 32.5 Å². The van der Waals surface area contributed by atoms with Crippen LogP contribution in [0.1, 0.15) is 30.0 Å².